The molecule has 0 saturated heterocycles. The van der Waals surface area contributed by atoms with Crippen LogP contribution in [0, 0.1) is 167 Å². The summed E-state index contributed by atoms with van der Waals surface area (Å²) >= 11 is 15.3. The Balaban J connectivity index is 0.000000179. The zero-order valence-corrected chi connectivity index (χ0v) is 95.3. The third-order valence-corrected chi connectivity index (χ3v) is 27.3. The second kappa shape index (κ2) is 48.7. The van der Waals surface area contributed by atoms with E-state index in [1.165, 1.54) is 33.9 Å². The number of H-pyrrole nitrogens is 2. The molecule has 711 valence electrons. The number of nitrogens with one attached hydrogen (secondary N) is 3. The van der Waals surface area contributed by atoms with Crippen molar-refractivity contribution in [2.24, 2.45) is 29.4 Å². The fourth-order valence-corrected chi connectivity index (χ4v) is 17.8. The minimum absolute atomic E-state index is 0. The Kier molecular flexibility index (Phi) is 39.1. The number of aryl methyl sites for hydroxylation is 5. The van der Waals surface area contributed by atoms with Crippen LogP contribution in [0.3, 0.4) is 0 Å². The minimum atomic E-state index is -0.652. The van der Waals surface area contributed by atoms with Gasteiger partial charge in [0.25, 0.3) is 11.1 Å². The number of hydrogen-bond donors (Lipinski definition) is 4. The number of aromatic amines is 2. The molecule has 22 rings (SSSR count). The number of halogens is 4. The van der Waals surface area contributed by atoms with E-state index in [9.17, 15) is 34.0 Å². The fourth-order valence-electron chi connectivity index (χ4n) is 16.9. The van der Waals surface area contributed by atoms with Gasteiger partial charge >= 0.3 is 22.2 Å². The van der Waals surface area contributed by atoms with Gasteiger partial charge in [-0.1, -0.05) is 30.7 Å². The zero-order valence-electron chi connectivity index (χ0n) is 78.9. The predicted octanol–water partition coefficient (Wildman–Crippen LogP) is 14.2. The molecule has 8 aliphatic carbocycles. The second-order valence-corrected chi connectivity index (χ2v) is 36.9. The van der Waals surface area contributed by atoms with Gasteiger partial charge in [-0.05, 0) is 251 Å². The van der Waals surface area contributed by atoms with Gasteiger partial charge in [-0.3, -0.25) is 47.0 Å². The van der Waals surface area contributed by atoms with Crippen molar-refractivity contribution >= 4 is 127 Å². The molecule has 0 bridgehead atoms. The quantitative estimate of drug-likeness (QED) is 0.0295. The molecule has 35 nitrogen and oxygen atoms in total. The van der Waals surface area contributed by atoms with Crippen LogP contribution in [0.15, 0.2) is 120 Å². The topological polar surface area (TPSA) is 481 Å². The normalized spacial score (nSPS) is 15.5. The Hall–Kier alpha value is -9.52. The molecular formula is C95H100B3BrCl3N28O7U3. The van der Waals surface area contributed by atoms with Crippen LogP contribution in [0.5, 0.6) is 5.75 Å². The fraction of sp³-hybridized carbons (Fsp3) is 0.432. The molecule has 14 aromatic rings. The molecular weight excluding hydrogens is 2580 g/mol. The average Bonchev–Trinajstić information content (AvgIpc) is 1.63. The number of methoxy groups -OCH3 is 1. The van der Waals surface area contributed by atoms with Crippen LogP contribution in [0.25, 0.3) is 78.8 Å². The standard InChI is InChI=1S/C29H30N8O.C19H19ClN6O.C19H20N6O2.C11H11ClN4O2.C9H10N2O.C8H9BrN2.3B.ClH.3U/c1-4-19-11-18(12-30)5-6-22(19)13-31-27-29(38)37(17(3)20-7-8-20)28-23(35-27)14-32-26(36-28)24-16(2)33-15-34-25(24)21-9-10-21;1-9-14(15(12-5-6-12)23-8-22-9)17-21-7-13-18(25-17)26(10(2)11-3-4-11)19(27)16(20)24-13;1-9-14(15(12-5-6-12)22-8-21-9)16-20-7-13-17(24-16)25(10(2)11-3-4-11)19(27)18(26)23-13;1-5(6-2-3-6)16-8-7(4-13-11(12)15-8)14-9(17)10(16)18;1-12-9-4-7(5-10)2-3-8(9)6-11;1-5-7(9)8(6-2-3-6)11-4-10-5;;;;;;;/h5-6,11,14-15,17,20-21H,4,7-10,13H2,1-3H3,(H,31,35);7-8,10-12H,3-6H2,1-2H3;7-8,10-12H,3-6H2,1-2H3,(H,23,26);4-6H,2-3H2,1H3,(H,14,17);2-4H,6,11H2,1H3;4,6H,2-3H2,1H3;;;;1H;;;/t17-;2*10-;5-;;;;;;;;;/m0000........./s1. The first-order valence-corrected chi connectivity index (χ1v) is 46.7. The molecule has 0 aliphatic heterocycles. The van der Waals surface area contributed by atoms with E-state index in [1.54, 1.807) is 84.4 Å². The van der Waals surface area contributed by atoms with Crippen molar-refractivity contribution in [2.45, 2.75) is 232 Å². The van der Waals surface area contributed by atoms with Gasteiger partial charge < -0.3 is 25.8 Å². The number of rotatable bonds is 21. The SMILES string of the molecule is CCc1cc(C#N)ccc1CNc1nc2cnc(-c3c(C)ncnc3C3CC3)nc2n([C@@H](C)C2CC2)c1=O.COc1cc(C#N)ccc1CN.C[C@@H](C1CC1)n1c(=O)c(=O)[nH]c2cnc(Cl)nc21.Cc1ncnc(C2CC2)c1-c1ncc2[nH]c(=O)c(=O)n([C@@H](C)C3CC3)c2n1.Cc1ncnc(C2CC2)c1-c1ncc2nc(Cl)c(=O)n([C@@H](C)C3CC3)c2n1.Cc1ncnc(C2CC2)c1Br.Cl.[B].[B].[B].[U].[U].[U]. The molecule has 0 amide bonds. The molecule has 4 atom stereocenters. The van der Waals surface area contributed by atoms with E-state index in [2.05, 4.69) is 126 Å². The molecule has 8 fully saturated rings. The van der Waals surface area contributed by atoms with Crippen molar-refractivity contribution in [3.8, 4) is 52.1 Å². The first-order valence-electron chi connectivity index (χ1n) is 45.1. The molecule has 140 heavy (non-hydrogen) atoms. The van der Waals surface area contributed by atoms with Crippen LogP contribution in [-0.2, 0) is 19.5 Å². The van der Waals surface area contributed by atoms with Crippen molar-refractivity contribution in [2.75, 3.05) is 12.4 Å². The average molecular weight is 2680 g/mol. The third kappa shape index (κ3) is 25.3. The number of aromatic nitrogens is 24. The maximum absolute atomic E-state index is 13.8. The van der Waals surface area contributed by atoms with Crippen molar-refractivity contribution in [3.63, 3.8) is 0 Å². The van der Waals surface area contributed by atoms with E-state index < -0.39 is 22.2 Å². The first kappa shape index (κ1) is 112. The number of anilines is 1. The summed E-state index contributed by atoms with van der Waals surface area (Å²) in [7, 11) is 1.57. The van der Waals surface area contributed by atoms with Crippen molar-refractivity contribution in [1.29, 1.82) is 10.5 Å². The number of fused-ring (bicyclic) bond motifs is 4. The first-order chi connectivity index (χ1) is 64.2. The van der Waals surface area contributed by atoms with E-state index in [0.717, 1.165) is 174 Å². The molecule has 0 spiro atoms. The summed E-state index contributed by atoms with van der Waals surface area (Å²) in [5, 5.41) is 21.1. The molecule has 5 N–H and O–H groups in total. The number of benzene rings is 2. The van der Waals surface area contributed by atoms with Crippen molar-refractivity contribution < 1.29 is 98.1 Å². The molecule has 12 heterocycles. The van der Waals surface area contributed by atoms with E-state index in [0.29, 0.717) is 139 Å². The van der Waals surface area contributed by atoms with Crippen LogP contribution in [0.1, 0.15) is 259 Å². The van der Waals surface area contributed by atoms with E-state index in [4.69, 9.17) is 53.9 Å². The smallest absolute Gasteiger partial charge is 0.318 e. The van der Waals surface area contributed by atoms with Gasteiger partial charge in [-0.25, -0.2) is 84.7 Å². The molecule has 0 unspecified atom stereocenters. The van der Waals surface area contributed by atoms with Crippen LogP contribution in [0.2, 0.25) is 10.4 Å². The molecule has 8 aliphatic rings. The Morgan fingerprint density at radius 1 is 0.457 bits per heavy atom. The second-order valence-electron chi connectivity index (χ2n) is 35.5. The van der Waals surface area contributed by atoms with Gasteiger partial charge in [0, 0.05) is 185 Å². The Morgan fingerprint density at radius 2 is 0.821 bits per heavy atom. The van der Waals surface area contributed by atoms with Crippen LogP contribution in [0.4, 0.5) is 5.82 Å². The van der Waals surface area contributed by atoms with Gasteiger partial charge in [0.1, 0.15) is 53.1 Å². The van der Waals surface area contributed by atoms with E-state index in [-0.39, 0.29) is 183 Å². The Morgan fingerprint density at radius 3 is 1.23 bits per heavy atom. The van der Waals surface area contributed by atoms with Crippen molar-refractivity contribution in [1.82, 2.24) is 118 Å². The van der Waals surface area contributed by atoms with Gasteiger partial charge in [0.05, 0.1) is 122 Å². The number of nitrogens with zero attached hydrogens (tertiary/aromatic N) is 24. The predicted molar refractivity (Wildman–Crippen MR) is 529 cm³/mol. The van der Waals surface area contributed by atoms with Crippen LogP contribution in [-0.4, -0.2) is 150 Å². The molecule has 2 aromatic carbocycles. The summed E-state index contributed by atoms with van der Waals surface area (Å²) in [5.41, 5.74) is 21.0. The monoisotopic (exact) mass is 2680 g/mol. The van der Waals surface area contributed by atoms with E-state index >= 15 is 0 Å². The van der Waals surface area contributed by atoms with Gasteiger partial charge in [0.15, 0.2) is 51.0 Å². The minimum Gasteiger partial charge on any atom is -0.496 e. The summed E-state index contributed by atoms with van der Waals surface area (Å²) < 4.78 is 12.6. The van der Waals surface area contributed by atoms with Crippen LogP contribution < -0.4 is 49.1 Å². The summed E-state index contributed by atoms with van der Waals surface area (Å²) in [4.78, 5) is 160. The summed E-state index contributed by atoms with van der Waals surface area (Å²) in [6.45, 7) is 18.8. The van der Waals surface area contributed by atoms with Gasteiger partial charge in [-0.2, -0.15) is 15.5 Å². The molecule has 45 heteroatoms. The molecule has 12 aromatic heterocycles. The van der Waals surface area contributed by atoms with Gasteiger partial charge in [-0.15, -0.1) is 12.4 Å². The van der Waals surface area contributed by atoms with Crippen molar-refractivity contribution in [3.05, 3.63) is 237 Å². The summed E-state index contributed by atoms with van der Waals surface area (Å²) in [6.07, 6.45) is 31.5. The van der Waals surface area contributed by atoms with E-state index in [1.807, 2.05) is 66.7 Å². The Bertz CT molecular complexity index is 7410. The maximum atomic E-state index is 13.8. The van der Waals surface area contributed by atoms with Gasteiger partial charge in [0.2, 0.25) is 5.28 Å². The molecule has 8 saturated carbocycles. The third-order valence-electron chi connectivity index (χ3n) is 25.9. The number of nitriles is 2. The zero-order chi connectivity index (χ0) is 93.5. The van der Waals surface area contributed by atoms with Crippen LogP contribution >= 0.6 is 51.5 Å². The largest absolute Gasteiger partial charge is 0.496 e. The molecule has 9 radical (unpaired) electrons. The number of hydrogen-bond acceptors (Lipinski definition) is 29. The summed E-state index contributed by atoms with van der Waals surface area (Å²) in [5.74, 6) is 6.30. The number of ether oxygens (including phenoxy) is 1. The Labute approximate surface area is 907 Å². The summed E-state index contributed by atoms with van der Waals surface area (Å²) in [6, 6.07) is 15.0. The number of nitrogens with two attached hydrogens (primary N) is 1. The maximum Gasteiger partial charge on any atom is 0.318 e.